The van der Waals surface area contributed by atoms with E-state index in [1.807, 2.05) is 6.92 Å². The van der Waals surface area contributed by atoms with Crippen molar-refractivity contribution in [2.75, 3.05) is 18.5 Å². The molecule has 0 radical (unpaired) electrons. The van der Waals surface area contributed by atoms with E-state index < -0.39 is 0 Å². The zero-order valence-corrected chi connectivity index (χ0v) is 11.0. The monoisotopic (exact) mass is 220 g/mol. The Kier molecular flexibility index (Phi) is 4.81. The van der Waals surface area contributed by atoms with Crippen molar-refractivity contribution in [3.8, 4) is 0 Å². The quantitative estimate of drug-likeness (QED) is 0.826. The summed E-state index contributed by atoms with van der Waals surface area (Å²) < 4.78 is 0. The normalized spacial score (nSPS) is 12.6. The molecule has 0 aromatic heterocycles. The minimum atomic E-state index is 0.235. The number of nitrogens with two attached hydrogens (primary N) is 1. The summed E-state index contributed by atoms with van der Waals surface area (Å²) in [6.07, 6.45) is 2.14. The van der Waals surface area contributed by atoms with Crippen molar-refractivity contribution < 1.29 is 0 Å². The van der Waals surface area contributed by atoms with Crippen LogP contribution in [-0.2, 0) is 6.42 Å². The van der Waals surface area contributed by atoms with Gasteiger partial charge in [0, 0.05) is 25.3 Å². The van der Waals surface area contributed by atoms with Gasteiger partial charge < -0.3 is 10.6 Å². The van der Waals surface area contributed by atoms with E-state index in [0.29, 0.717) is 0 Å². The maximum atomic E-state index is 5.81. The van der Waals surface area contributed by atoms with Gasteiger partial charge in [-0.15, -0.1) is 0 Å². The SMILES string of the molecule is CCCN(C)c1ccc(CC(C)N)cc1C. The Morgan fingerprint density at radius 2 is 2.06 bits per heavy atom. The fraction of sp³-hybridized carbons (Fsp3) is 0.571. The Labute approximate surface area is 99.5 Å². The summed E-state index contributed by atoms with van der Waals surface area (Å²) >= 11 is 0. The average Bonchev–Trinajstić information content (AvgIpc) is 2.16. The van der Waals surface area contributed by atoms with E-state index in [-0.39, 0.29) is 6.04 Å². The predicted octanol–water partition coefficient (Wildman–Crippen LogP) is 2.73. The summed E-state index contributed by atoms with van der Waals surface area (Å²) in [5.74, 6) is 0. The first-order chi connectivity index (χ1) is 7.54. The van der Waals surface area contributed by atoms with E-state index in [1.54, 1.807) is 0 Å². The van der Waals surface area contributed by atoms with Crippen molar-refractivity contribution in [3.63, 3.8) is 0 Å². The van der Waals surface area contributed by atoms with E-state index in [1.165, 1.54) is 23.2 Å². The molecule has 2 N–H and O–H groups in total. The van der Waals surface area contributed by atoms with Gasteiger partial charge in [-0.05, 0) is 43.9 Å². The van der Waals surface area contributed by atoms with Gasteiger partial charge in [0.15, 0.2) is 0 Å². The number of hydrogen-bond donors (Lipinski definition) is 1. The summed E-state index contributed by atoms with van der Waals surface area (Å²) in [7, 11) is 2.15. The summed E-state index contributed by atoms with van der Waals surface area (Å²) in [4.78, 5) is 2.31. The van der Waals surface area contributed by atoms with Gasteiger partial charge in [-0.1, -0.05) is 19.1 Å². The fourth-order valence-electron chi connectivity index (χ4n) is 2.10. The lowest BCUT2D eigenvalue weighted by molar-refractivity contribution is 0.737. The first-order valence-corrected chi connectivity index (χ1v) is 6.10. The highest BCUT2D eigenvalue weighted by Crippen LogP contribution is 2.20. The van der Waals surface area contributed by atoms with E-state index in [9.17, 15) is 0 Å². The van der Waals surface area contributed by atoms with Crippen LogP contribution in [0.15, 0.2) is 18.2 Å². The predicted molar refractivity (Wildman–Crippen MR) is 72.1 cm³/mol. The van der Waals surface area contributed by atoms with E-state index in [4.69, 9.17) is 5.73 Å². The second-order valence-corrected chi connectivity index (χ2v) is 4.72. The van der Waals surface area contributed by atoms with Crippen molar-refractivity contribution in [2.45, 2.75) is 39.7 Å². The largest absolute Gasteiger partial charge is 0.374 e. The van der Waals surface area contributed by atoms with Gasteiger partial charge in [0.25, 0.3) is 0 Å². The molecule has 2 heteroatoms. The van der Waals surface area contributed by atoms with Crippen LogP contribution < -0.4 is 10.6 Å². The summed E-state index contributed by atoms with van der Waals surface area (Å²) in [6.45, 7) is 7.53. The maximum Gasteiger partial charge on any atom is 0.0393 e. The second-order valence-electron chi connectivity index (χ2n) is 4.72. The molecular weight excluding hydrogens is 196 g/mol. The molecule has 0 spiro atoms. The first-order valence-electron chi connectivity index (χ1n) is 6.10. The Balaban J connectivity index is 2.82. The smallest absolute Gasteiger partial charge is 0.0393 e. The Hall–Kier alpha value is -1.02. The number of anilines is 1. The van der Waals surface area contributed by atoms with Gasteiger partial charge in [0.2, 0.25) is 0 Å². The van der Waals surface area contributed by atoms with Gasteiger partial charge in [0.05, 0.1) is 0 Å². The number of nitrogens with zero attached hydrogens (tertiary/aromatic N) is 1. The molecule has 0 aliphatic carbocycles. The lowest BCUT2D eigenvalue weighted by atomic mass is 10.0. The molecule has 0 saturated carbocycles. The zero-order chi connectivity index (χ0) is 12.1. The maximum absolute atomic E-state index is 5.81. The lowest BCUT2D eigenvalue weighted by Gasteiger charge is -2.21. The zero-order valence-electron chi connectivity index (χ0n) is 11.0. The third-order valence-corrected chi connectivity index (χ3v) is 2.79. The molecule has 1 rings (SSSR count). The molecule has 1 unspecified atom stereocenters. The minimum absolute atomic E-state index is 0.235. The van der Waals surface area contributed by atoms with Crippen molar-refractivity contribution in [1.82, 2.24) is 0 Å². The van der Waals surface area contributed by atoms with Gasteiger partial charge in [-0.3, -0.25) is 0 Å². The third kappa shape index (κ3) is 3.53. The molecule has 0 aliphatic rings. The molecule has 1 atom stereocenters. The van der Waals surface area contributed by atoms with Crippen LogP contribution in [0.25, 0.3) is 0 Å². The van der Waals surface area contributed by atoms with Gasteiger partial charge in [-0.25, -0.2) is 0 Å². The molecule has 90 valence electrons. The summed E-state index contributed by atoms with van der Waals surface area (Å²) in [6, 6.07) is 6.89. The van der Waals surface area contributed by atoms with E-state index >= 15 is 0 Å². The van der Waals surface area contributed by atoms with E-state index in [0.717, 1.165) is 13.0 Å². The van der Waals surface area contributed by atoms with Crippen molar-refractivity contribution in [3.05, 3.63) is 29.3 Å². The Morgan fingerprint density at radius 3 is 2.56 bits per heavy atom. The van der Waals surface area contributed by atoms with Crippen LogP contribution in [0.4, 0.5) is 5.69 Å². The molecule has 16 heavy (non-hydrogen) atoms. The van der Waals surface area contributed by atoms with Crippen LogP contribution in [0.3, 0.4) is 0 Å². The standard InChI is InChI=1S/C14H24N2/c1-5-8-16(4)14-7-6-13(9-11(14)2)10-12(3)15/h6-7,9,12H,5,8,10,15H2,1-4H3. The van der Waals surface area contributed by atoms with Crippen LogP contribution in [0.5, 0.6) is 0 Å². The van der Waals surface area contributed by atoms with Gasteiger partial charge in [0.1, 0.15) is 0 Å². The molecule has 0 aliphatic heterocycles. The Morgan fingerprint density at radius 1 is 1.38 bits per heavy atom. The number of rotatable bonds is 5. The molecule has 0 fully saturated rings. The van der Waals surface area contributed by atoms with Crippen LogP contribution >= 0.6 is 0 Å². The molecule has 0 bridgehead atoms. The highest BCUT2D eigenvalue weighted by molar-refractivity contribution is 5.53. The van der Waals surface area contributed by atoms with Crippen molar-refractivity contribution in [1.29, 1.82) is 0 Å². The molecule has 1 aromatic carbocycles. The fourth-order valence-corrected chi connectivity index (χ4v) is 2.10. The number of aryl methyl sites for hydroxylation is 1. The number of hydrogen-bond acceptors (Lipinski definition) is 2. The topological polar surface area (TPSA) is 29.3 Å². The molecule has 2 nitrogen and oxygen atoms in total. The summed E-state index contributed by atoms with van der Waals surface area (Å²) in [5.41, 5.74) is 9.81. The number of benzene rings is 1. The molecule has 0 heterocycles. The highest BCUT2D eigenvalue weighted by atomic mass is 15.1. The van der Waals surface area contributed by atoms with Gasteiger partial charge >= 0.3 is 0 Å². The molecule has 0 saturated heterocycles. The van der Waals surface area contributed by atoms with Crippen molar-refractivity contribution in [2.24, 2.45) is 5.73 Å². The van der Waals surface area contributed by atoms with Crippen LogP contribution in [0.2, 0.25) is 0 Å². The highest BCUT2D eigenvalue weighted by Gasteiger charge is 2.05. The Bertz CT molecular complexity index is 332. The second kappa shape index (κ2) is 5.90. The molecule has 0 amide bonds. The van der Waals surface area contributed by atoms with E-state index in [2.05, 4.69) is 44.0 Å². The first kappa shape index (κ1) is 13.0. The summed E-state index contributed by atoms with van der Waals surface area (Å²) in [5, 5.41) is 0. The molecule has 1 aromatic rings. The van der Waals surface area contributed by atoms with Crippen LogP contribution in [0, 0.1) is 6.92 Å². The third-order valence-electron chi connectivity index (χ3n) is 2.79. The van der Waals surface area contributed by atoms with Crippen LogP contribution in [0.1, 0.15) is 31.4 Å². The van der Waals surface area contributed by atoms with Gasteiger partial charge in [-0.2, -0.15) is 0 Å². The average molecular weight is 220 g/mol. The molecular formula is C14H24N2. The minimum Gasteiger partial charge on any atom is -0.374 e. The van der Waals surface area contributed by atoms with Crippen LogP contribution in [-0.4, -0.2) is 19.6 Å². The lowest BCUT2D eigenvalue weighted by Crippen LogP contribution is -2.20. The van der Waals surface area contributed by atoms with Crippen molar-refractivity contribution >= 4 is 5.69 Å².